The van der Waals surface area contributed by atoms with Crippen molar-refractivity contribution in [1.82, 2.24) is 15.1 Å². The summed E-state index contributed by atoms with van der Waals surface area (Å²) in [5.74, 6) is -0.188. The third-order valence-corrected chi connectivity index (χ3v) is 3.09. The molecule has 2 rings (SSSR count). The van der Waals surface area contributed by atoms with Crippen molar-refractivity contribution in [3.63, 3.8) is 0 Å². The molecule has 0 spiro atoms. The number of nitrogens with zero attached hydrogens (tertiary/aromatic N) is 2. The Kier molecular flexibility index (Phi) is 4.68. The first-order chi connectivity index (χ1) is 9.19. The van der Waals surface area contributed by atoms with Crippen molar-refractivity contribution >= 4 is 0 Å². The topological polar surface area (TPSA) is 29.9 Å². The van der Waals surface area contributed by atoms with Crippen molar-refractivity contribution < 1.29 is 4.39 Å². The fourth-order valence-electron chi connectivity index (χ4n) is 2.16. The van der Waals surface area contributed by atoms with E-state index < -0.39 is 0 Å². The molecule has 1 N–H and O–H groups in total. The molecule has 102 valence electrons. The zero-order valence-corrected chi connectivity index (χ0v) is 11.4. The predicted molar refractivity (Wildman–Crippen MR) is 74.3 cm³/mol. The Morgan fingerprint density at radius 1 is 1.42 bits per heavy atom. The molecular weight excluding hydrogens is 241 g/mol. The number of aryl methyl sites for hydroxylation is 1. The summed E-state index contributed by atoms with van der Waals surface area (Å²) in [4.78, 5) is 0. The zero-order valence-electron chi connectivity index (χ0n) is 11.4. The molecule has 0 aliphatic heterocycles. The van der Waals surface area contributed by atoms with Gasteiger partial charge in [-0.1, -0.05) is 19.1 Å². The van der Waals surface area contributed by atoms with E-state index in [1.54, 1.807) is 16.8 Å². The minimum atomic E-state index is -0.188. The van der Waals surface area contributed by atoms with Crippen LogP contribution in [-0.4, -0.2) is 16.3 Å². The van der Waals surface area contributed by atoms with E-state index in [1.807, 2.05) is 25.5 Å². The van der Waals surface area contributed by atoms with Crippen LogP contribution in [0, 0.1) is 5.82 Å². The van der Waals surface area contributed by atoms with Crippen LogP contribution in [0.25, 0.3) is 0 Å². The minimum Gasteiger partial charge on any atom is -0.310 e. The molecule has 0 amide bonds. The highest BCUT2D eigenvalue weighted by Crippen LogP contribution is 2.19. The maximum absolute atomic E-state index is 13.3. The first-order valence-corrected chi connectivity index (χ1v) is 6.65. The first kappa shape index (κ1) is 13.7. The van der Waals surface area contributed by atoms with Crippen LogP contribution in [0.1, 0.15) is 30.5 Å². The van der Waals surface area contributed by atoms with E-state index in [1.165, 1.54) is 6.07 Å². The molecule has 0 bridgehead atoms. The molecule has 1 heterocycles. The van der Waals surface area contributed by atoms with E-state index in [0.717, 1.165) is 30.5 Å². The average molecular weight is 261 g/mol. The molecule has 3 nitrogen and oxygen atoms in total. The van der Waals surface area contributed by atoms with Crippen molar-refractivity contribution in [3.8, 4) is 0 Å². The molecule has 1 atom stereocenters. The molecule has 0 aliphatic rings. The second kappa shape index (κ2) is 6.48. The van der Waals surface area contributed by atoms with E-state index in [2.05, 4.69) is 17.3 Å². The Labute approximate surface area is 113 Å². The van der Waals surface area contributed by atoms with Crippen LogP contribution in [0.3, 0.4) is 0 Å². The summed E-state index contributed by atoms with van der Waals surface area (Å²) >= 11 is 0. The van der Waals surface area contributed by atoms with Gasteiger partial charge in [0.15, 0.2) is 0 Å². The smallest absolute Gasteiger partial charge is 0.123 e. The zero-order chi connectivity index (χ0) is 13.7. The molecule has 1 aromatic carbocycles. The Bertz CT molecular complexity index is 522. The van der Waals surface area contributed by atoms with Gasteiger partial charge in [-0.15, -0.1) is 0 Å². The molecule has 0 aliphatic carbocycles. The quantitative estimate of drug-likeness (QED) is 0.866. The largest absolute Gasteiger partial charge is 0.310 e. The lowest BCUT2D eigenvalue weighted by Crippen LogP contribution is -2.24. The maximum atomic E-state index is 13.3. The fourth-order valence-corrected chi connectivity index (χ4v) is 2.16. The number of benzene rings is 1. The van der Waals surface area contributed by atoms with Crippen LogP contribution in [0.5, 0.6) is 0 Å². The standard InChI is InChI=1S/C15H20FN3/c1-3-7-17-15(8-12-10-18-19(2)11-12)13-5-4-6-14(16)9-13/h4-6,9-11,15,17H,3,7-8H2,1-2H3. The lowest BCUT2D eigenvalue weighted by atomic mass is 10.0. The Morgan fingerprint density at radius 2 is 2.26 bits per heavy atom. The van der Waals surface area contributed by atoms with Gasteiger partial charge >= 0.3 is 0 Å². The molecule has 0 saturated heterocycles. The van der Waals surface area contributed by atoms with Crippen molar-refractivity contribution in [2.75, 3.05) is 6.54 Å². The van der Waals surface area contributed by atoms with Gasteiger partial charge < -0.3 is 5.32 Å². The molecule has 1 aromatic heterocycles. The van der Waals surface area contributed by atoms with Crippen LogP contribution in [0.2, 0.25) is 0 Å². The highest BCUT2D eigenvalue weighted by molar-refractivity contribution is 5.22. The van der Waals surface area contributed by atoms with Gasteiger partial charge in [0.2, 0.25) is 0 Å². The molecule has 0 fully saturated rings. The second-order valence-corrected chi connectivity index (χ2v) is 4.79. The van der Waals surface area contributed by atoms with Gasteiger partial charge in [0.1, 0.15) is 5.82 Å². The summed E-state index contributed by atoms with van der Waals surface area (Å²) in [6, 6.07) is 6.93. The molecule has 0 saturated carbocycles. The van der Waals surface area contributed by atoms with Gasteiger partial charge in [-0.3, -0.25) is 4.68 Å². The van der Waals surface area contributed by atoms with Gasteiger partial charge in [0.05, 0.1) is 6.20 Å². The van der Waals surface area contributed by atoms with Gasteiger partial charge in [-0.2, -0.15) is 5.10 Å². The number of rotatable bonds is 6. The van der Waals surface area contributed by atoms with Crippen molar-refractivity contribution in [1.29, 1.82) is 0 Å². The third kappa shape index (κ3) is 3.89. The average Bonchev–Trinajstić information content (AvgIpc) is 2.80. The maximum Gasteiger partial charge on any atom is 0.123 e. The first-order valence-electron chi connectivity index (χ1n) is 6.65. The van der Waals surface area contributed by atoms with Gasteiger partial charge in [0, 0.05) is 19.3 Å². The number of nitrogens with one attached hydrogen (secondary N) is 1. The number of hydrogen-bond acceptors (Lipinski definition) is 2. The SMILES string of the molecule is CCCNC(Cc1cnn(C)c1)c1cccc(F)c1. The van der Waals surface area contributed by atoms with Crippen LogP contribution >= 0.6 is 0 Å². The molecular formula is C15H20FN3. The summed E-state index contributed by atoms with van der Waals surface area (Å²) in [5, 5.41) is 7.64. The molecule has 1 unspecified atom stereocenters. The van der Waals surface area contributed by atoms with Crippen molar-refractivity contribution in [2.45, 2.75) is 25.8 Å². The molecule has 19 heavy (non-hydrogen) atoms. The number of halogens is 1. The molecule has 0 radical (unpaired) electrons. The predicted octanol–water partition coefficient (Wildman–Crippen LogP) is 2.84. The van der Waals surface area contributed by atoms with Crippen molar-refractivity contribution in [2.24, 2.45) is 7.05 Å². The van der Waals surface area contributed by atoms with Crippen molar-refractivity contribution in [3.05, 3.63) is 53.6 Å². The van der Waals surface area contributed by atoms with Crippen LogP contribution < -0.4 is 5.32 Å². The van der Waals surface area contributed by atoms with Crippen LogP contribution in [0.15, 0.2) is 36.7 Å². The van der Waals surface area contributed by atoms with Crippen LogP contribution in [0.4, 0.5) is 4.39 Å². The van der Waals surface area contributed by atoms with Gasteiger partial charge in [-0.05, 0) is 42.6 Å². The van der Waals surface area contributed by atoms with E-state index >= 15 is 0 Å². The monoisotopic (exact) mass is 261 g/mol. The van der Waals surface area contributed by atoms with E-state index in [4.69, 9.17) is 0 Å². The normalized spacial score (nSPS) is 12.6. The summed E-state index contributed by atoms with van der Waals surface area (Å²) in [5.41, 5.74) is 2.14. The van der Waals surface area contributed by atoms with E-state index in [9.17, 15) is 4.39 Å². The summed E-state index contributed by atoms with van der Waals surface area (Å²) in [6.07, 6.45) is 5.73. The lowest BCUT2D eigenvalue weighted by molar-refractivity contribution is 0.524. The van der Waals surface area contributed by atoms with Gasteiger partial charge in [0.25, 0.3) is 0 Å². The van der Waals surface area contributed by atoms with E-state index in [0.29, 0.717) is 0 Å². The second-order valence-electron chi connectivity index (χ2n) is 4.79. The summed E-state index contributed by atoms with van der Waals surface area (Å²) in [7, 11) is 1.90. The lowest BCUT2D eigenvalue weighted by Gasteiger charge is -2.18. The Balaban J connectivity index is 2.15. The molecule has 4 heteroatoms. The summed E-state index contributed by atoms with van der Waals surface area (Å²) in [6.45, 7) is 3.04. The fraction of sp³-hybridized carbons (Fsp3) is 0.400. The third-order valence-electron chi connectivity index (χ3n) is 3.09. The Morgan fingerprint density at radius 3 is 2.89 bits per heavy atom. The Hall–Kier alpha value is -1.68. The van der Waals surface area contributed by atoms with Crippen LogP contribution in [-0.2, 0) is 13.5 Å². The summed E-state index contributed by atoms with van der Waals surface area (Å²) < 4.78 is 15.1. The minimum absolute atomic E-state index is 0.125. The number of aromatic nitrogens is 2. The number of hydrogen-bond donors (Lipinski definition) is 1. The highest BCUT2D eigenvalue weighted by atomic mass is 19.1. The van der Waals surface area contributed by atoms with E-state index in [-0.39, 0.29) is 11.9 Å². The highest BCUT2D eigenvalue weighted by Gasteiger charge is 2.13. The molecule has 2 aromatic rings. The van der Waals surface area contributed by atoms with Gasteiger partial charge in [-0.25, -0.2) is 4.39 Å².